The molecule has 0 aliphatic rings. The van der Waals surface area contributed by atoms with E-state index in [-0.39, 0.29) is 0 Å². The van der Waals surface area contributed by atoms with Crippen LogP contribution < -0.4 is 15.4 Å². The molecule has 0 aliphatic carbocycles. The number of nitrogen functional groups attached to an aromatic ring is 1. The lowest BCUT2D eigenvalue weighted by molar-refractivity contribution is 0.416. The van der Waals surface area contributed by atoms with Gasteiger partial charge in [-0.05, 0) is 11.8 Å². The van der Waals surface area contributed by atoms with Crippen LogP contribution in [0.15, 0.2) is 0 Å². The third-order valence-corrected chi connectivity index (χ3v) is 3.80. The summed E-state index contributed by atoms with van der Waals surface area (Å²) in [6.45, 7) is 10.6. The van der Waals surface area contributed by atoms with Gasteiger partial charge in [-0.3, -0.25) is 0 Å². The van der Waals surface area contributed by atoms with Crippen LogP contribution in [-0.4, -0.2) is 20.2 Å². The SMILES string of the molecule is COc1c(N(CC(C)C)CC(C)C)sc(C#N)c1N. The van der Waals surface area contributed by atoms with Crippen LogP contribution in [-0.2, 0) is 0 Å². The summed E-state index contributed by atoms with van der Waals surface area (Å²) in [6, 6.07) is 2.14. The summed E-state index contributed by atoms with van der Waals surface area (Å²) in [7, 11) is 1.60. The van der Waals surface area contributed by atoms with E-state index in [2.05, 4.69) is 38.7 Å². The van der Waals surface area contributed by atoms with Crippen LogP contribution in [0.3, 0.4) is 0 Å². The maximum Gasteiger partial charge on any atom is 0.177 e. The highest BCUT2D eigenvalue weighted by atomic mass is 32.1. The first kappa shape index (κ1) is 15.6. The summed E-state index contributed by atoms with van der Waals surface area (Å²) < 4.78 is 5.40. The van der Waals surface area contributed by atoms with Crippen LogP contribution in [0.25, 0.3) is 0 Å². The quantitative estimate of drug-likeness (QED) is 0.868. The van der Waals surface area contributed by atoms with E-state index >= 15 is 0 Å². The standard InChI is InChI=1S/C14H23N3OS/c1-9(2)7-17(8-10(3)4)14-13(18-5)12(16)11(6-15)19-14/h9-10H,7-8,16H2,1-5H3. The van der Waals surface area contributed by atoms with Crippen molar-refractivity contribution in [2.24, 2.45) is 11.8 Å². The Morgan fingerprint density at radius 1 is 1.26 bits per heavy atom. The van der Waals surface area contributed by atoms with Gasteiger partial charge in [0.15, 0.2) is 5.75 Å². The van der Waals surface area contributed by atoms with Crippen LogP contribution in [0.5, 0.6) is 5.75 Å². The van der Waals surface area contributed by atoms with Gasteiger partial charge in [0.2, 0.25) is 0 Å². The minimum atomic E-state index is 0.461. The van der Waals surface area contributed by atoms with E-state index in [4.69, 9.17) is 15.7 Å². The minimum absolute atomic E-state index is 0.461. The molecule has 0 atom stereocenters. The van der Waals surface area contributed by atoms with Gasteiger partial charge in [-0.2, -0.15) is 5.26 Å². The maximum absolute atomic E-state index is 9.10. The van der Waals surface area contributed by atoms with E-state index in [0.29, 0.717) is 28.1 Å². The van der Waals surface area contributed by atoms with Gasteiger partial charge in [-0.15, -0.1) is 11.3 Å². The van der Waals surface area contributed by atoms with Crippen LogP contribution >= 0.6 is 11.3 Å². The monoisotopic (exact) mass is 281 g/mol. The second kappa shape index (κ2) is 6.67. The highest BCUT2D eigenvalue weighted by Gasteiger charge is 2.22. The summed E-state index contributed by atoms with van der Waals surface area (Å²) in [5.41, 5.74) is 6.42. The molecule has 1 rings (SSSR count). The zero-order chi connectivity index (χ0) is 14.6. The van der Waals surface area contributed by atoms with E-state index in [1.807, 2.05) is 0 Å². The predicted molar refractivity (Wildman–Crippen MR) is 81.9 cm³/mol. The smallest absolute Gasteiger partial charge is 0.177 e. The lowest BCUT2D eigenvalue weighted by atomic mass is 10.1. The van der Waals surface area contributed by atoms with Crippen molar-refractivity contribution in [3.05, 3.63) is 4.88 Å². The van der Waals surface area contributed by atoms with Gasteiger partial charge < -0.3 is 15.4 Å². The fourth-order valence-corrected chi connectivity index (χ4v) is 3.03. The molecular formula is C14H23N3OS. The van der Waals surface area contributed by atoms with Crippen LogP contribution in [0.4, 0.5) is 10.7 Å². The number of nitrogens with two attached hydrogens (primary N) is 1. The number of rotatable bonds is 6. The van der Waals surface area contributed by atoms with E-state index < -0.39 is 0 Å². The number of hydrogen-bond acceptors (Lipinski definition) is 5. The first-order valence-electron chi connectivity index (χ1n) is 6.51. The van der Waals surface area contributed by atoms with Crippen molar-refractivity contribution >= 4 is 22.0 Å². The Bertz CT molecular complexity index is 450. The average Bonchev–Trinajstić information content (AvgIpc) is 2.63. The summed E-state index contributed by atoms with van der Waals surface area (Å²) in [5.74, 6) is 1.72. The molecule has 0 amide bonds. The topological polar surface area (TPSA) is 62.3 Å². The first-order valence-corrected chi connectivity index (χ1v) is 7.33. The largest absolute Gasteiger partial charge is 0.492 e. The second-order valence-corrected chi connectivity index (χ2v) is 6.49. The van der Waals surface area contributed by atoms with Crippen LogP contribution in [0, 0.1) is 23.2 Å². The van der Waals surface area contributed by atoms with E-state index in [9.17, 15) is 0 Å². The van der Waals surface area contributed by atoms with E-state index in [0.717, 1.165) is 18.1 Å². The summed E-state index contributed by atoms with van der Waals surface area (Å²) >= 11 is 1.42. The van der Waals surface area contributed by atoms with Gasteiger partial charge in [0.25, 0.3) is 0 Å². The molecule has 0 spiro atoms. The molecule has 0 unspecified atom stereocenters. The van der Waals surface area contributed by atoms with Crippen molar-refractivity contribution in [2.75, 3.05) is 30.8 Å². The van der Waals surface area contributed by atoms with Gasteiger partial charge in [0.1, 0.15) is 21.6 Å². The van der Waals surface area contributed by atoms with E-state index in [1.165, 1.54) is 11.3 Å². The average molecular weight is 281 g/mol. The Balaban J connectivity index is 3.17. The van der Waals surface area contributed by atoms with Gasteiger partial charge in [-0.25, -0.2) is 0 Å². The molecule has 0 aliphatic heterocycles. The molecule has 1 aromatic rings. The lowest BCUT2D eigenvalue weighted by Crippen LogP contribution is -2.30. The second-order valence-electron chi connectivity index (χ2n) is 5.49. The molecular weight excluding hydrogens is 258 g/mol. The molecule has 0 fully saturated rings. The number of ether oxygens (including phenoxy) is 1. The molecule has 19 heavy (non-hydrogen) atoms. The highest BCUT2D eigenvalue weighted by molar-refractivity contribution is 7.17. The highest BCUT2D eigenvalue weighted by Crippen LogP contribution is 2.44. The molecule has 2 N–H and O–H groups in total. The zero-order valence-corrected chi connectivity index (χ0v) is 13.2. The molecule has 1 aromatic heterocycles. The van der Waals surface area contributed by atoms with Gasteiger partial charge >= 0.3 is 0 Å². The number of nitrogens with zero attached hydrogens (tertiary/aromatic N) is 2. The van der Waals surface area contributed by atoms with Crippen LogP contribution in [0.1, 0.15) is 32.6 Å². The molecule has 0 radical (unpaired) electrons. The number of thiophene rings is 1. The third-order valence-electron chi connectivity index (χ3n) is 2.65. The summed E-state index contributed by atoms with van der Waals surface area (Å²) in [5, 5.41) is 10.1. The third kappa shape index (κ3) is 3.77. The normalized spacial score (nSPS) is 10.8. The number of anilines is 2. The van der Waals surface area contributed by atoms with Crippen molar-refractivity contribution in [2.45, 2.75) is 27.7 Å². The van der Waals surface area contributed by atoms with Gasteiger partial charge in [0, 0.05) is 13.1 Å². The number of nitriles is 1. The lowest BCUT2D eigenvalue weighted by Gasteiger charge is -2.27. The van der Waals surface area contributed by atoms with Crippen molar-refractivity contribution in [1.82, 2.24) is 0 Å². The Kier molecular flexibility index (Phi) is 5.49. The molecule has 106 valence electrons. The molecule has 0 saturated carbocycles. The van der Waals surface area contributed by atoms with Gasteiger partial charge in [-0.1, -0.05) is 27.7 Å². The van der Waals surface area contributed by atoms with Crippen molar-refractivity contribution in [3.63, 3.8) is 0 Å². The summed E-state index contributed by atoms with van der Waals surface area (Å²) in [4.78, 5) is 2.81. The minimum Gasteiger partial charge on any atom is -0.492 e. The Morgan fingerprint density at radius 3 is 2.16 bits per heavy atom. The maximum atomic E-state index is 9.10. The predicted octanol–water partition coefficient (Wildman–Crippen LogP) is 3.33. The molecule has 4 nitrogen and oxygen atoms in total. The zero-order valence-electron chi connectivity index (χ0n) is 12.4. The number of hydrogen-bond donors (Lipinski definition) is 1. The number of methoxy groups -OCH3 is 1. The van der Waals surface area contributed by atoms with Gasteiger partial charge in [0.05, 0.1) is 7.11 Å². The van der Waals surface area contributed by atoms with Crippen molar-refractivity contribution in [3.8, 4) is 11.8 Å². The summed E-state index contributed by atoms with van der Waals surface area (Å²) in [6.07, 6.45) is 0. The Hall–Kier alpha value is -1.41. The van der Waals surface area contributed by atoms with Crippen molar-refractivity contribution < 1.29 is 4.74 Å². The molecule has 5 heteroatoms. The Labute approximate surface area is 119 Å². The molecule has 1 heterocycles. The van der Waals surface area contributed by atoms with E-state index in [1.54, 1.807) is 7.11 Å². The Morgan fingerprint density at radius 2 is 1.79 bits per heavy atom. The molecule has 0 saturated heterocycles. The molecule has 0 bridgehead atoms. The fraction of sp³-hybridized carbons (Fsp3) is 0.643. The fourth-order valence-electron chi connectivity index (χ4n) is 2.03. The van der Waals surface area contributed by atoms with Crippen LogP contribution in [0.2, 0.25) is 0 Å². The first-order chi connectivity index (χ1) is 8.90. The van der Waals surface area contributed by atoms with Crippen molar-refractivity contribution in [1.29, 1.82) is 5.26 Å². The molecule has 0 aromatic carbocycles.